The van der Waals surface area contributed by atoms with Crippen LogP contribution in [0.2, 0.25) is 0 Å². The van der Waals surface area contributed by atoms with Crippen LogP contribution in [0.3, 0.4) is 0 Å². The van der Waals surface area contributed by atoms with E-state index in [2.05, 4.69) is 0 Å². The van der Waals surface area contributed by atoms with Gasteiger partial charge in [-0.25, -0.2) is 0 Å². The van der Waals surface area contributed by atoms with E-state index >= 15 is 0 Å². The Bertz CT molecular complexity index is 7.51. The van der Waals surface area contributed by atoms with Crippen molar-refractivity contribution in [3.05, 3.63) is 0 Å². The Balaban J connectivity index is 0. The topological polar surface area (TPSA) is 0 Å². The van der Waals surface area contributed by atoms with Crippen molar-refractivity contribution >= 4 is 34.1 Å². The van der Waals surface area contributed by atoms with Gasteiger partial charge in [-0.1, -0.05) is 0 Å². The molecule has 0 atom stereocenters. The van der Waals surface area contributed by atoms with E-state index in [-0.39, 0.29) is 0 Å². The molecule has 0 aromatic heterocycles. The number of hydrogen-bond donors (Lipinski definition) is 0. The van der Waals surface area contributed by atoms with Gasteiger partial charge in [0.05, 0.1) is 0 Å². The Morgan fingerprint density at radius 2 is 0.667 bits per heavy atom. The zero-order chi connectivity index (χ0) is 5.41. The van der Waals surface area contributed by atoms with Gasteiger partial charge in [0.1, 0.15) is 0 Å². The van der Waals surface area contributed by atoms with Crippen LogP contribution in [-0.4, -0.2) is 0 Å². The third kappa shape index (κ3) is 28.4. The van der Waals surface area contributed by atoms with Crippen LogP contribution in [0.15, 0.2) is 0 Å². The maximum atomic E-state index is 4.93. The van der Waals surface area contributed by atoms with Gasteiger partial charge in [-0.05, 0) is 0 Å². The minimum absolute atomic E-state index is 0.826. The van der Waals surface area contributed by atoms with Crippen molar-refractivity contribution < 1.29 is 41.7 Å². The van der Waals surface area contributed by atoms with Gasteiger partial charge in [0.2, 0.25) is 0 Å². The average molecular weight is 324 g/mol. The quantitative estimate of drug-likeness (QED) is 0.643. The summed E-state index contributed by atoms with van der Waals surface area (Å²) in [6.07, 6.45) is 0. The summed E-state index contributed by atoms with van der Waals surface area (Å²) in [4.78, 5) is 0. The van der Waals surface area contributed by atoms with E-state index < -0.39 is 41.7 Å². The van der Waals surface area contributed by atoms with Gasteiger partial charge in [-0.2, -0.15) is 0 Å². The fourth-order valence-electron chi connectivity index (χ4n) is 0. The van der Waals surface area contributed by atoms with Crippen LogP contribution in [-0.2, 0) is 41.7 Å². The van der Waals surface area contributed by atoms with Gasteiger partial charge in [-0.3, -0.25) is 0 Å². The molecule has 0 spiro atoms. The van der Waals surface area contributed by atoms with Gasteiger partial charge < -0.3 is 0 Å². The van der Waals surface area contributed by atoms with Crippen molar-refractivity contribution in [2.24, 2.45) is 0 Å². The molecule has 0 N–H and O–H groups in total. The first-order valence-electron chi connectivity index (χ1n) is 0.756. The van der Waals surface area contributed by atoms with Gasteiger partial charge in [0.25, 0.3) is 0 Å². The summed E-state index contributed by atoms with van der Waals surface area (Å²) in [7, 11) is 19.7. The van der Waals surface area contributed by atoms with Crippen molar-refractivity contribution in [2.45, 2.75) is 0 Å². The van der Waals surface area contributed by atoms with E-state index in [9.17, 15) is 0 Å². The molecule has 0 nitrogen and oxygen atoms in total. The third-order valence-electron chi connectivity index (χ3n) is 0. The summed E-state index contributed by atoms with van der Waals surface area (Å²) < 4.78 is 0. The molecule has 0 unspecified atom stereocenters. The maximum absolute atomic E-state index is 4.93. The van der Waals surface area contributed by atoms with Crippen molar-refractivity contribution in [3.8, 4) is 0 Å². The van der Waals surface area contributed by atoms with Crippen LogP contribution in [0.5, 0.6) is 0 Å². The average Bonchev–Trinajstić information content (AvgIpc) is 1.39. The Hall–Kier alpha value is 2.93. The van der Waals surface area contributed by atoms with E-state index in [0.717, 1.165) is 0 Å². The van der Waals surface area contributed by atoms with Crippen molar-refractivity contribution in [2.75, 3.05) is 0 Å². The molecule has 6 heavy (non-hydrogen) atoms. The Labute approximate surface area is 74.2 Å². The van der Waals surface area contributed by atoms with Crippen molar-refractivity contribution in [1.29, 1.82) is 0 Å². The van der Waals surface area contributed by atoms with Crippen LogP contribution >= 0.6 is 34.1 Å². The van der Waals surface area contributed by atoms with Gasteiger partial charge in [0.15, 0.2) is 0 Å². The second-order valence-corrected chi connectivity index (χ2v) is 7.61. The predicted molar refractivity (Wildman–Crippen MR) is 23.4 cm³/mol. The molecule has 36 valence electrons. The minimum atomic E-state index is -0.826. The van der Waals surface area contributed by atoms with E-state index in [4.69, 9.17) is 34.1 Å². The first-order valence-corrected chi connectivity index (χ1v) is 13.4. The van der Waals surface area contributed by atoms with Gasteiger partial charge >= 0.3 is 75.7 Å². The van der Waals surface area contributed by atoms with E-state index in [1.54, 1.807) is 0 Å². The zero-order valence-electron chi connectivity index (χ0n) is 2.51. The van der Waals surface area contributed by atoms with Crippen LogP contribution in [0.1, 0.15) is 0 Å². The summed E-state index contributed by atoms with van der Waals surface area (Å²) in [5, 5.41) is 0. The fourth-order valence-corrected chi connectivity index (χ4v) is 0. The molecular formula is Cl4Zr2. The zero-order valence-corrected chi connectivity index (χ0v) is 10.5. The molecule has 0 saturated heterocycles. The molecule has 0 aliphatic rings. The predicted octanol–water partition coefficient (Wildman–Crippen LogP) is 2.75. The van der Waals surface area contributed by atoms with Crippen molar-refractivity contribution in [1.82, 2.24) is 0 Å². The van der Waals surface area contributed by atoms with Crippen molar-refractivity contribution in [3.63, 3.8) is 0 Å². The summed E-state index contributed by atoms with van der Waals surface area (Å²) in [6, 6.07) is 0. The number of hydrogen-bond acceptors (Lipinski definition) is 0. The molecule has 0 bridgehead atoms. The second kappa shape index (κ2) is 15.7. The number of halogens is 4. The first-order chi connectivity index (χ1) is 2.83. The van der Waals surface area contributed by atoms with E-state index in [0.29, 0.717) is 0 Å². The molecule has 0 heterocycles. The first kappa shape index (κ1) is 11.7. The fraction of sp³-hybridized carbons (Fsp3) is 0. The normalized spacial score (nSPS) is 4.67. The molecule has 0 saturated carbocycles. The summed E-state index contributed by atoms with van der Waals surface area (Å²) >= 11 is -1.65. The summed E-state index contributed by atoms with van der Waals surface area (Å²) in [5.74, 6) is 0. The van der Waals surface area contributed by atoms with Gasteiger partial charge in [0, 0.05) is 0 Å². The molecule has 6 heteroatoms. The second-order valence-electron chi connectivity index (χ2n) is 0.143. The monoisotopic (exact) mass is 320 g/mol. The molecule has 0 amide bonds. The molecular weight excluding hydrogens is 324 g/mol. The van der Waals surface area contributed by atoms with E-state index in [1.165, 1.54) is 0 Å². The van der Waals surface area contributed by atoms with Crippen LogP contribution in [0.4, 0.5) is 0 Å². The standard InChI is InChI=1S/4ClH.2Zr/h4*1H;;/q;;;;2*+2/p-4. The van der Waals surface area contributed by atoms with Gasteiger partial charge in [-0.15, -0.1) is 0 Å². The summed E-state index contributed by atoms with van der Waals surface area (Å²) in [5.41, 5.74) is 0. The molecule has 0 aromatic carbocycles. The molecule has 0 aromatic rings. The van der Waals surface area contributed by atoms with Crippen LogP contribution in [0.25, 0.3) is 0 Å². The molecule has 0 aliphatic carbocycles. The Morgan fingerprint density at radius 3 is 0.667 bits per heavy atom. The Kier molecular flexibility index (Phi) is 30.5. The molecule has 0 radical (unpaired) electrons. The third-order valence-corrected chi connectivity index (χ3v) is 0. The molecule has 0 rings (SSSR count). The van der Waals surface area contributed by atoms with E-state index in [1.807, 2.05) is 0 Å². The van der Waals surface area contributed by atoms with Crippen LogP contribution < -0.4 is 0 Å². The summed E-state index contributed by atoms with van der Waals surface area (Å²) in [6.45, 7) is 0. The molecule has 0 fully saturated rings. The molecule has 0 aliphatic heterocycles. The number of rotatable bonds is 0. The Morgan fingerprint density at radius 1 is 0.667 bits per heavy atom. The SMILES string of the molecule is [Cl][Zr][Cl].[Cl][Zr][Cl]. The van der Waals surface area contributed by atoms with Crippen LogP contribution in [0, 0.1) is 0 Å².